The molecule has 2 heterocycles. The van der Waals surface area contributed by atoms with Crippen LogP contribution in [0.4, 0.5) is 4.39 Å². The summed E-state index contributed by atoms with van der Waals surface area (Å²) in [5.41, 5.74) is 4.65. The quantitative estimate of drug-likeness (QED) is 0.424. The molecule has 32 heavy (non-hydrogen) atoms. The van der Waals surface area contributed by atoms with Crippen molar-refractivity contribution in [2.24, 2.45) is 10.6 Å². The molecule has 0 saturated carbocycles. The van der Waals surface area contributed by atoms with E-state index in [2.05, 4.69) is 10.1 Å². The lowest BCUT2D eigenvalue weighted by atomic mass is 9.86. The zero-order valence-electron chi connectivity index (χ0n) is 18.9. The van der Waals surface area contributed by atoms with Crippen LogP contribution in [0.3, 0.4) is 0 Å². The minimum absolute atomic E-state index is 0.0221. The number of halogens is 1. The van der Waals surface area contributed by atoms with Crippen molar-refractivity contribution >= 4 is 11.5 Å². The number of hydrogen-bond donors (Lipinski definition) is 0. The topological polar surface area (TPSA) is 51.5 Å². The highest BCUT2D eigenvalue weighted by molar-refractivity contribution is 6.06. The molecule has 0 amide bonds. The molecule has 5 heteroatoms. The fraction of sp³-hybridized carbons (Fsp3) is 0.296. The van der Waals surface area contributed by atoms with Crippen molar-refractivity contribution in [2.75, 3.05) is 0 Å². The molecular formula is C27H27FN2O2. The lowest BCUT2D eigenvalue weighted by Gasteiger charge is -2.18. The number of nitrogens with zero attached hydrogens (tertiary/aromatic N) is 2. The normalized spacial score (nSPS) is 15.9. The molecule has 0 bridgehead atoms. The maximum Gasteiger partial charge on any atom is 0.174 e. The van der Waals surface area contributed by atoms with Gasteiger partial charge in [-0.05, 0) is 59.9 Å². The summed E-state index contributed by atoms with van der Waals surface area (Å²) in [6.45, 7) is 7.94. The predicted octanol–water partition coefficient (Wildman–Crippen LogP) is 6.68. The Hall–Kier alpha value is -3.34. The molecule has 0 fully saturated rings. The molecule has 1 aliphatic heterocycles. The molecule has 1 unspecified atom stereocenters. The summed E-state index contributed by atoms with van der Waals surface area (Å²) < 4.78 is 14.8. The Morgan fingerprint density at radius 1 is 1.09 bits per heavy atom. The maximum absolute atomic E-state index is 14.8. The van der Waals surface area contributed by atoms with E-state index in [9.17, 15) is 9.18 Å². The number of carbonyl (C=O) groups excluding carboxylic acids is 1. The third-order valence-electron chi connectivity index (χ3n) is 5.40. The molecule has 0 N–H and O–H groups in total. The van der Waals surface area contributed by atoms with Crippen LogP contribution in [0.25, 0.3) is 11.1 Å². The minimum atomic E-state index is -0.313. The Balaban J connectivity index is 1.73. The Morgan fingerprint density at radius 2 is 1.88 bits per heavy atom. The first kappa shape index (κ1) is 21.9. The van der Waals surface area contributed by atoms with Gasteiger partial charge in [-0.25, -0.2) is 4.39 Å². The van der Waals surface area contributed by atoms with Gasteiger partial charge in [-0.15, -0.1) is 0 Å². The second-order valence-corrected chi connectivity index (χ2v) is 9.53. The molecule has 1 aromatic heterocycles. The summed E-state index contributed by atoms with van der Waals surface area (Å²) in [6.07, 6.45) is 2.37. The Labute approximate surface area is 188 Å². The van der Waals surface area contributed by atoms with Gasteiger partial charge in [-0.3, -0.25) is 9.78 Å². The summed E-state index contributed by atoms with van der Waals surface area (Å²) in [7, 11) is 0. The van der Waals surface area contributed by atoms with Crippen LogP contribution in [-0.2, 0) is 4.84 Å². The molecule has 0 aliphatic carbocycles. The zero-order valence-corrected chi connectivity index (χ0v) is 18.9. The largest absolute Gasteiger partial charge is 0.385 e. The maximum atomic E-state index is 14.8. The van der Waals surface area contributed by atoms with Gasteiger partial charge >= 0.3 is 0 Å². The highest BCUT2D eigenvalue weighted by Crippen LogP contribution is 2.32. The number of aryl methyl sites for hydroxylation is 1. The molecule has 2 aromatic carbocycles. The number of benzene rings is 2. The second-order valence-electron chi connectivity index (χ2n) is 9.53. The lowest BCUT2D eigenvalue weighted by molar-refractivity contribution is 0.0826. The zero-order chi connectivity index (χ0) is 22.9. The van der Waals surface area contributed by atoms with E-state index in [-0.39, 0.29) is 23.1 Å². The number of oxime groups is 1. The van der Waals surface area contributed by atoms with Crippen LogP contribution in [0.5, 0.6) is 0 Å². The van der Waals surface area contributed by atoms with E-state index in [1.807, 2.05) is 64.1 Å². The lowest BCUT2D eigenvalue weighted by Crippen LogP contribution is -2.14. The molecule has 0 radical (unpaired) electrons. The SMILES string of the molecule is Cc1ccc(-c2cc(C(=O)CC(C)(C)C)cc(C3=NOC(c4ccccn4)C3)c2)c(F)c1. The van der Waals surface area contributed by atoms with Crippen molar-refractivity contribution in [3.05, 3.63) is 89.0 Å². The van der Waals surface area contributed by atoms with Gasteiger partial charge in [0.2, 0.25) is 0 Å². The van der Waals surface area contributed by atoms with Crippen molar-refractivity contribution < 1.29 is 14.0 Å². The van der Waals surface area contributed by atoms with E-state index in [1.54, 1.807) is 18.3 Å². The summed E-state index contributed by atoms with van der Waals surface area (Å²) >= 11 is 0. The molecule has 1 aliphatic rings. The van der Waals surface area contributed by atoms with Crippen LogP contribution in [0.15, 0.2) is 65.9 Å². The Bertz CT molecular complexity index is 1180. The van der Waals surface area contributed by atoms with Crippen LogP contribution in [0.1, 0.15) is 66.9 Å². The van der Waals surface area contributed by atoms with Crippen molar-refractivity contribution in [3.8, 4) is 11.1 Å². The van der Waals surface area contributed by atoms with E-state index in [0.717, 1.165) is 22.5 Å². The third kappa shape index (κ3) is 4.93. The van der Waals surface area contributed by atoms with Gasteiger partial charge in [0.05, 0.1) is 11.4 Å². The standard InChI is InChI=1S/C27H27FN2O2/c1-17-8-9-21(22(28)11-17)18-12-19(14-20(13-18)25(31)16-27(2,3)4)24-15-26(32-30-24)23-7-5-6-10-29-23/h5-14,26H,15-16H2,1-4H3. The first-order chi connectivity index (χ1) is 15.2. The smallest absolute Gasteiger partial charge is 0.174 e. The fourth-order valence-electron chi connectivity index (χ4n) is 3.82. The molecule has 3 aromatic rings. The third-order valence-corrected chi connectivity index (χ3v) is 5.40. The van der Waals surface area contributed by atoms with Crippen LogP contribution < -0.4 is 0 Å². The number of hydrogen-bond acceptors (Lipinski definition) is 4. The summed E-state index contributed by atoms with van der Waals surface area (Å²) in [5.74, 6) is -0.291. The summed E-state index contributed by atoms with van der Waals surface area (Å²) in [6, 6.07) is 16.3. The summed E-state index contributed by atoms with van der Waals surface area (Å²) in [4.78, 5) is 23.1. The predicted molar refractivity (Wildman–Crippen MR) is 124 cm³/mol. The monoisotopic (exact) mass is 430 g/mol. The molecule has 4 rings (SSSR count). The van der Waals surface area contributed by atoms with Crippen LogP contribution in [-0.4, -0.2) is 16.5 Å². The van der Waals surface area contributed by atoms with Gasteiger partial charge in [0.1, 0.15) is 5.82 Å². The number of Topliss-reactive ketones (excluding diaryl/α,β-unsaturated/α-hetero) is 1. The van der Waals surface area contributed by atoms with Gasteiger partial charge in [-0.1, -0.05) is 44.1 Å². The van der Waals surface area contributed by atoms with Crippen LogP contribution >= 0.6 is 0 Å². The van der Waals surface area contributed by atoms with E-state index < -0.39 is 0 Å². The van der Waals surface area contributed by atoms with Crippen molar-refractivity contribution in [1.82, 2.24) is 4.98 Å². The molecule has 0 spiro atoms. The number of ketones is 1. The average Bonchev–Trinajstić information content (AvgIpc) is 3.23. The number of aromatic nitrogens is 1. The number of carbonyl (C=O) groups is 1. The average molecular weight is 431 g/mol. The highest BCUT2D eigenvalue weighted by Gasteiger charge is 2.26. The van der Waals surface area contributed by atoms with E-state index >= 15 is 0 Å². The number of pyridine rings is 1. The minimum Gasteiger partial charge on any atom is -0.385 e. The fourth-order valence-corrected chi connectivity index (χ4v) is 3.82. The molecule has 164 valence electrons. The Morgan fingerprint density at radius 3 is 2.56 bits per heavy atom. The van der Waals surface area contributed by atoms with Gasteiger partial charge in [0, 0.05) is 35.7 Å². The molecule has 4 nitrogen and oxygen atoms in total. The Kier molecular flexibility index (Phi) is 5.92. The first-order valence-electron chi connectivity index (χ1n) is 10.8. The van der Waals surface area contributed by atoms with Crippen molar-refractivity contribution in [1.29, 1.82) is 0 Å². The van der Waals surface area contributed by atoms with Gasteiger partial charge in [0.25, 0.3) is 0 Å². The van der Waals surface area contributed by atoms with Crippen molar-refractivity contribution in [2.45, 2.75) is 46.6 Å². The summed E-state index contributed by atoms with van der Waals surface area (Å²) in [5, 5.41) is 4.28. The first-order valence-corrected chi connectivity index (χ1v) is 10.8. The van der Waals surface area contributed by atoms with Gasteiger partial charge in [-0.2, -0.15) is 0 Å². The van der Waals surface area contributed by atoms with E-state index in [0.29, 0.717) is 29.5 Å². The van der Waals surface area contributed by atoms with Crippen molar-refractivity contribution in [3.63, 3.8) is 0 Å². The van der Waals surface area contributed by atoms with Crippen LogP contribution in [0.2, 0.25) is 0 Å². The van der Waals surface area contributed by atoms with Gasteiger partial charge < -0.3 is 4.84 Å². The van der Waals surface area contributed by atoms with Crippen LogP contribution in [0, 0.1) is 18.2 Å². The molecule has 0 saturated heterocycles. The number of rotatable bonds is 5. The molecular weight excluding hydrogens is 403 g/mol. The molecule has 1 atom stereocenters. The van der Waals surface area contributed by atoms with E-state index in [4.69, 9.17) is 4.84 Å². The second kappa shape index (κ2) is 8.65. The van der Waals surface area contributed by atoms with Gasteiger partial charge in [0.15, 0.2) is 11.9 Å². The van der Waals surface area contributed by atoms with E-state index in [1.165, 1.54) is 6.07 Å². The highest BCUT2D eigenvalue weighted by atomic mass is 19.1.